The highest BCUT2D eigenvalue weighted by atomic mass is 16.6. The molecule has 0 aromatic heterocycles. The molecule has 0 aliphatic rings. The molecule has 0 fully saturated rings. The maximum absolute atomic E-state index is 12.1. The average molecular weight is 324 g/mol. The topological polar surface area (TPSA) is 93.1 Å². The molecule has 0 saturated heterocycles. The Morgan fingerprint density at radius 3 is 1.74 bits per heavy atom. The Morgan fingerprint density at radius 1 is 0.957 bits per heavy atom. The van der Waals surface area contributed by atoms with Crippen LogP contribution in [0.2, 0.25) is 0 Å². The standard InChI is InChI=1S/C17H24O6/c1-5-22-14(18)17(21,15(19)23-6-2)13-9-7-12(8-10-13)11-16(3,4)20/h7-10,20-21H,5-6,11H2,1-4H3. The fourth-order valence-electron chi connectivity index (χ4n) is 2.15. The zero-order valence-corrected chi connectivity index (χ0v) is 14.0. The molecule has 1 aromatic carbocycles. The molecule has 0 aliphatic heterocycles. The van der Waals surface area contributed by atoms with Crippen LogP contribution in [0.5, 0.6) is 0 Å². The van der Waals surface area contributed by atoms with Crippen molar-refractivity contribution >= 4 is 11.9 Å². The molecule has 0 radical (unpaired) electrons. The van der Waals surface area contributed by atoms with Gasteiger partial charge in [0.2, 0.25) is 0 Å². The van der Waals surface area contributed by atoms with Gasteiger partial charge < -0.3 is 19.7 Å². The number of aliphatic hydroxyl groups is 2. The number of hydrogen-bond acceptors (Lipinski definition) is 6. The molecule has 128 valence electrons. The van der Waals surface area contributed by atoms with Crippen LogP contribution in [0.3, 0.4) is 0 Å². The van der Waals surface area contributed by atoms with Gasteiger partial charge in [0.15, 0.2) is 0 Å². The highest BCUT2D eigenvalue weighted by Crippen LogP contribution is 2.26. The van der Waals surface area contributed by atoms with Gasteiger partial charge in [-0.2, -0.15) is 0 Å². The molecule has 0 spiro atoms. The van der Waals surface area contributed by atoms with Gasteiger partial charge in [0.25, 0.3) is 5.60 Å². The lowest BCUT2D eigenvalue weighted by Crippen LogP contribution is -2.46. The molecule has 0 saturated carbocycles. The van der Waals surface area contributed by atoms with E-state index in [4.69, 9.17) is 9.47 Å². The Morgan fingerprint density at radius 2 is 1.39 bits per heavy atom. The summed E-state index contributed by atoms with van der Waals surface area (Å²) < 4.78 is 9.62. The third kappa shape index (κ3) is 4.77. The number of rotatable bonds is 7. The third-order valence-electron chi connectivity index (χ3n) is 3.15. The average Bonchev–Trinajstić information content (AvgIpc) is 2.46. The Labute approximate surface area is 136 Å². The van der Waals surface area contributed by atoms with Crippen LogP contribution in [0, 0.1) is 0 Å². The monoisotopic (exact) mass is 324 g/mol. The Bertz CT molecular complexity index is 523. The summed E-state index contributed by atoms with van der Waals surface area (Å²) >= 11 is 0. The van der Waals surface area contributed by atoms with E-state index >= 15 is 0 Å². The van der Waals surface area contributed by atoms with Crippen LogP contribution >= 0.6 is 0 Å². The maximum Gasteiger partial charge on any atom is 0.354 e. The van der Waals surface area contributed by atoms with Crippen LogP contribution in [0.15, 0.2) is 24.3 Å². The SMILES string of the molecule is CCOC(=O)C(O)(C(=O)OCC)c1ccc(CC(C)(C)O)cc1. The molecule has 2 N–H and O–H groups in total. The number of esters is 2. The first-order chi connectivity index (χ1) is 10.6. The lowest BCUT2D eigenvalue weighted by molar-refractivity contribution is -0.184. The Kier molecular flexibility index (Phi) is 6.29. The van der Waals surface area contributed by atoms with Crippen molar-refractivity contribution in [3.8, 4) is 0 Å². The van der Waals surface area contributed by atoms with Gasteiger partial charge in [-0.15, -0.1) is 0 Å². The van der Waals surface area contributed by atoms with Crippen LogP contribution < -0.4 is 0 Å². The van der Waals surface area contributed by atoms with Crippen molar-refractivity contribution in [2.24, 2.45) is 0 Å². The second-order valence-electron chi connectivity index (χ2n) is 5.84. The molecule has 0 unspecified atom stereocenters. The number of carbonyl (C=O) groups is 2. The first-order valence-corrected chi connectivity index (χ1v) is 7.53. The van der Waals surface area contributed by atoms with Gasteiger partial charge in [-0.1, -0.05) is 24.3 Å². The summed E-state index contributed by atoms with van der Waals surface area (Å²) in [5.74, 6) is -2.15. The molecule has 0 bridgehead atoms. The van der Waals surface area contributed by atoms with Crippen LogP contribution in [0.4, 0.5) is 0 Å². The number of hydrogen-bond donors (Lipinski definition) is 2. The minimum absolute atomic E-state index is 0.0251. The van der Waals surface area contributed by atoms with Gasteiger partial charge in [-0.05, 0) is 33.3 Å². The smallest absolute Gasteiger partial charge is 0.354 e. The molecular formula is C17H24O6. The van der Waals surface area contributed by atoms with Crippen molar-refractivity contribution in [3.05, 3.63) is 35.4 Å². The first-order valence-electron chi connectivity index (χ1n) is 7.53. The molecule has 1 rings (SSSR count). The zero-order chi connectivity index (χ0) is 17.7. The molecule has 6 nitrogen and oxygen atoms in total. The molecule has 0 heterocycles. The van der Waals surface area contributed by atoms with Crippen molar-refractivity contribution < 1.29 is 29.3 Å². The van der Waals surface area contributed by atoms with E-state index in [1.807, 2.05) is 0 Å². The number of carbonyl (C=O) groups excluding carboxylic acids is 2. The zero-order valence-electron chi connectivity index (χ0n) is 14.0. The lowest BCUT2D eigenvalue weighted by atomic mass is 9.91. The van der Waals surface area contributed by atoms with Crippen molar-refractivity contribution in [1.82, 2.24) is 0 Å². The molecule has 0 amide bonds. The highest BCUT2D eigenvalue weighted by molar-refractivity contribution is 6.04. The Balaban J connectivity index is 3.17. The molecular weight excluding hydrogens is 300 g/mol. The Hall–Kier alpha value is -1.92. The summed E-state index contributed by atoms with van der Waals surface area (Å²) in [6.07, 6.45) is 0.393. The predicted octanol–water partition coefficient (Wildman–Crippen LogP) is 1.31. The predicted molar refractivity (Wildman–Crippen MR) is 83.6 cm³/mol. The highest BCUT2D eigenvalue weighted by Gasteiger charge is 2.49. The van der Waals surface area contributed by atoms with Crippen LogP contribution in [0.1, 0.15) is 38.8 Å². The second kappa shape index (κ2) is 7.57. The number of benzene rings is 1. The van der Waals surface area contributed by atoms with E-state index in [2.05, 4.69) is 0 Å². The fourth-order valence-corrected chi connectivity index (χ4v) is 2.15. The van der Waals surface area contributed by atoms with Crippen molar-refractivity contribution in [2.45, 2.75) is 45.3 Å². The third-order valence-corrected chi connectivity index (χ3v) is 3.15. The van der Waals surface area contributed by atoms with Gasteiger partial charge in [0.05, 0.1) is 18.8 Å². The molecule has 6 heteroatoms. The minimum atomic E-state index is -2.50. The summed E-state index contributed by atoms with van der Waals surface area (Å²) in [6.45, 7) is 6.56. The summed E-state index contributed by atoms with van der Waals surface area (Å²) in [6, 6.07) is 6.18. The van der Waals surface area contributed by atoms with E-state index in [9.17, 15) is 19.8 Å². The van der Waals surface area contributed by atoms with Gasteiger partial charge in [-0.3, -0.25) is 0 Å². The van der Waals surface area contributed by atoms with E-state index in [-0.39, 0.29) is 18.8 Å². The van der Waals surface area contributed by atoms with Crippen molar-refractivity contribution in [3.63, 3.8) is 0 Å². The van der Waals surface area contributed by atoms with Gasteiger partial charge in [0.1, 0.15) is 0 Å². The van der Waals surface area contributed by atoms with Gasteiger partial charge in [0, 0.05) is 12.0 Å². The largest absolute Gasteiger partial charge is 0.463 e. The number of ether oxygens (including phenoxy) is 2. The van der Waals surface area contributed by atoms with Gasteiger partial charge in [-0.25, -0.2) is 9.59 Å². The van der Waals surface area contributed by atoms with Crippen molar-refractivity contribution in [1.29, 1.82) is 0 Å². The van der Waals surface area contributed by atoms with E-state index in [1.165, 1.54) is 12.1 Å². The lowest BCUT2D eigenvalue weighted by Gasteiger charge is -2.24. The van der Waals surface area contributed by atoms with E-state index in [1.54, 1.807) is 39.8 Å². The maximum atomic E-state index is 12.1. The van der Waals surface area contributed by atoms with Crippen LogP contribution in [0.25, 0.3) is 0 Å². The molecule has 1 aromatic rings. The first kappa shape index (κ1) is 19.1. The molecule has 0 atom stereocenters. The molecule has 0 aliphatic carbocycles. The normalized spacial score (nSPS) is 11.9. The summed E-state index contributed by atoms with van der Waals surface area (Å²) in [7, 11) is 0. The van der Waals surface area contributed by atoms with Crippen LogP contribution in [-0.2, 0) is 31.1 Å². The van der Waals surface area contributed by atoms with Crippen LogP contribution in [-0.4, -0.2) is 41.0 Å². The summed E-state index contributed by atoms with van der Waals surface area (Å²) in [4.78, 5) is 24.2. The second-order valence-corrected chi connectivity index (χ2v) is 5.84. The minimum Gasteiger partial charge on any atom is -0.463 e. The quantitative estimate of drug-likeness (QED) is 0.580. The fraction of sp³-hybridized carbons (Fsp3) is 0.529. The van der Waals surface area contributed by atoms with E-state index in [0.717, 1.165) is 5.56 Å². The summed E-state index contributed by atoms with van der Waals surface area (Å²) in [5, 5.41) is 20.4. The summed E-state index contributed by atoms with van der Waals surface area (Å²) in [5.41, 5.74) is -2.52. The molecule has 23 heavy (non-hydrogen) atoms. The van der Waals surface area contributed by atoms with E-state index < -0.39 is 23.1 Å². The van der Waals surface area contributed by atoms with Gasteiger partial charge >= 0.3 is 11.9 Å². The van der Waals surface area contributed by atoms with E-state index in [0.29, 0.717) is 6.42 Å². The van der Waals surface area contributed by atoms with Crippen molar-refractivity contribution in [2.75, 3.05) is 13.2 Å².